The predicted molar refractivity (Wildman–Crippen MR) is 62.5 cm³/mol. The minimum absolute atomic E-state index is 0.877. The maximum Gasteiger partial charge on any atom is 0.0568 e. The van der Waals surface area contributed by atoms with Crippen molar-refractivity contribution < 1.29 is 0 Å². The average Bonchev–Trinajstić information content (AvgIpc) is 2.60. The average molecular weight is 201 g/mol. The molecule has 0 fully saturated rings. The Labute approximate surface area is 89.5 Å². The van der Waals surface area contributed by atoms with Gasteiger partial charge in [0.2, 0.25) is 0 Å². The molecule has 0 radical (unpaired) electrons. The van der Waals surface area contributed by atoms with Gasteiger partial charge in [-0.2, -0.15) is 5.10 Å². The lowest BCUT2D eigenvalue weighted by Gasteiger charge is -2.07. The highest BCUT2D eigenvalue weighted by Gasteiger charge is 2.05. The molecule has 0 spiro atoms. The molecule has 3 nitrogen and oxygen atoms in total. The number of anilines is 1. The number of aryl methyl sites for hydroxylation is 3. The van der Waals surface area contributed by atoms with Crippen molar-refractivity contribution in [2.45, 2.75) is 13.8 Å². The van der Waals surface area contributed by atoms with Crippen LogP contribution in [0.15, 0.2) is 24.5 Å². The third-order valence-electron chi connectivity index (χ3n) is 2.63. The summed E-state index contributed by atoms with van der Waals surface area (Å²) in [5.74, 6) is 0. The number of nitrogens with zero attached hydrogens (tertiary/aromatic N) is 2. The molecule has 1 aromatic heterocycles. The molecule has 2 aromatic rings. The summed E-state index contributed by atoms with van der Waals surface area (Å²) in [4.78, 5) is 0. The lowest BCUT2D eigenvalue weighted by molar-refractivity contribution is 0.768. The lowest BCUT2D eigenvalue weighted by Crippen LogP contribution is -1.94. The van der Waals surface area contributed by atoms with Crippen molar-refractivity contribution >= 4 is 5.69 Å². The van der Waals surface area contributed by atoms with Crippen molar-refractivity contribution in [3.8, 4) is 11.1 Å². The molecule has 0 aliphatic heterocycles. The van der Waals surface area contributed by atoms with Crippen LogP contribution in [0.4, 0.5) is 5.69 Å². The summed E-state index contributed by atoms with van der Waals surface area (Å²) < 4.78 is 1.80. The molecule has 0 saturated carbocycles. The van der Waals surface area contributed by atoms with Gasteiger partial charge in [0.25, 0.3) is 0 Å². The number of hydrogen-bond donors (Lipinski definition) is 1. The quantitative estimate of drug-likeness (QED) is 0.719. The van der Waals surface area contributed by atoms with E-state index in [2.05, 4.69) is 17.2 Å². The molecule has 0 amide bonds. The van der Waals surface area contributed by atoms with Crippen LogP contribution in [0.5, 0.6) is 0 Å². The topological polar surface area (TPSA) is 43.8 Å². The van der Waals surface area contributed by atoms with E-state index in [0.29, 0.717) is 0 Å². The smallest absolute Gasteiger partial charge is 0.0568 e. The molecular weight excluding hydrogens is 186 g/mol. The van der Waals surface area contributed by atoms with Crippen molar-refractivity contribution in [3.63, 3.8) is 0 Å². The molecule has 3 heteroatoms. The van der Waals surface area contributed by atoms with Crippen LogP contribution < -0.4 is 5.73 Å². The van der Waals surface area contributed by atoms with E-state index in [-0.39, 0.29) is 0 Å². The van der Waals surface area contributed by atoms with Crippen LogP contribution in [-0.4, -0.2) is 9.78 Å². The third kappa shape index (κ3) is 1.73. The maximum atomic E-state index is 5.91. The maximum absolute atomic E-state index is 5.91. The van der Waals surface area contributed by atoms with Gasteiger partial charge in [-0.1, -0.05) is 0 Å². The normalized spacial score (nSPS) is 10.6. The number of benzene rings is 1. The van der Waals surface area contributed by atoms with Crippen LogP contribution in [0.3, 0.4) is 0 Å². The minimum Gasteiger partial charge on any atom is -0.398 e. The Hall–Kier alpha value is -1.77. The first-order chi connectivity index (χ1) is 7.08. The Morgan fingerprint density at radius 3 is 2.20 bits per heavy atom. The summed E-state index contributed by atoms with van der Waals surface area (Å²) in [5, 5.41) is 4.16. The van der Waals surface area contributed by atoms with Gasteiger partial charge in [0.05, 0.1) is 6.20 Å². The largest absolute Gasteiger partial charge is 0.398 e. The molecule has 1 aromatic carbocycles. The van der Waals surface area contributed by atoms with E-state index in [1.54, 1.807) is 4.68 Å². The van der Waals surface area contributed by atoms with E-state index in [4.69, 9.17) is 5.73 Å². The van der Waals surface area contributed by atoms with Gasteiger partial charge in [-0.15, -0.1) is 0 Å². The van der Waals surface area contributed by atoms with E-state index in [1.165, 1.54) is 5.56 Å². The van der Waals surface area contributed by atoms with E-state index in [0.717, 1.165) is 22.4 Å². The zero-order chi connectivity index (χ0) is 11.0. The summed E-state index contributed by atoms with van der Waals surface area (Å²) in [5.41, 5.74) is 11.3. The highest BCUT2D eigenvalue weighted by Crippen LogP contribution is 2.25. The molecule has 0 atom stereocenters. The van der Waals surface area contributed by atoms with Crippen LogP contribution in [0.25, 0.3) is 11.1 Å². The molecule has 0 aliphatic carbocycles. The van der Waals surface area contributed by atoms with Crippen molar-refractivity contribution in [1.29, 1.82) is 0 Å². The van der Waals surface area contributed by atoms with Gasteiger partial charge in [-0.05, 0) is 42.7 Å². The number of nitrogen functional groups attached to an aromatic ring is 1. The molecule has 78 valence electrons. The molecule has 2 rings (SSSR count). The Bertz CT molecular complexity index is 474. The Kier molecular flexibility index (Phi) is 2.23. The van der Waals surface area contributed by atoms with E-state index >= 15 is 0 Å². The number of rotatable bonds is 1. The molecule has 15 heavy (non-hydrogen) atoms. The summed E-state index contributed by atoms with van der Waals surface area (Å²) in [6, 6.07) is 4.19. The first-order valence-electron chi connectivity index (χ1n) is 4.93. The van der Waals surface area contributed by atoms with Crippen molar-refractivity contribution in [1.82, 2.24) is 9.78 Å². The Morgan fingerprint density at radius 2 is 1.73 bits per heavy atom. The van der Waals surface area contributed by atoms with Crippen molar-refractivity contribution in [3.05, 3.63) is 35.7 Å². The minimum atomic E-state index is 0.877. The van der Waals surface area contributed by atoms with E-state index < -0.39 is 0 Å². The van der Waals surface area contributed by atoms with Crippen LogP contribution in [0.1, 0.15) is 11.1 Å². The molecule has 0 aliphatic rings. The van der Waals surface area contributed by atoms with Crippen molar-refractivity contribution in [2.75, 3.05) is 5.73 Å². The van der Waals surface area contributed by atoms with Gasteiger partial charge in [0.15, 0.2) is 0 Å². The second-order valence-corrected chi connectivity index (χ2v) is 3.93. The SMILES string of the molecule is Cc1cc(-c2cnn(C)c2)cc(C)c1N. The van der Waals surface area contributed by atoms with Gasteiger partial charge < -0.3 is 5.73 Å². The van der Waals surface area contributed by atoms with Gasteiger partial charge in [0, 0.05) is 24.5 Å². The van der Waals surface area contributed by atoms with Crippen LogP contribution >= 0.6 is 0 Å². The predicted octanol–water partition coefficient (Wildman–Crippen LogP) is 2.29. The highest BCUT2D eigenvalue weighted by atomic mass is 15.2. The first kappa shape index (κ1) is 9.77. The monoisotopic (exact) mass is 201 g/mol. The number of aromatic nitrogens is 2. The second kappa shape index (κ2) is 3.42. The summed E-state index contributed by atoms with van der Waals surface area (Å²) in [7, 11) is 1.92. The van der Waals surface area contributed by atoms with Gasteiger partial charge in [0.1, 0.15) is 0 Å². The first-order valence-corrected chi connectivity index (χ1v) is 4.93. The summed E-state index contributed by atoms with van der Waals surface area (Å²) in [6.07, 6.45) is 3.87. The number of hydrogen-bond acceptors (Lipinski definition) is 2. The zero-order valence-corrected chi connectivity index (χ0v) is 9.28. The van der Waals surface area contributed by atoms with E-state index in [1.807, 2.05) is 33.3 Å². The fourth-order valence-corrected chi connectivity index (χ4v) is 1.71. The van der Waals surface area contributed by atoms with Gasteiger partial charge in [-0.25, -0.2) is 0 Å². The third-order valence-corrected chi connectivity index (χ3v) is 2.63. The zero-order valence-electron chi connectivity index (χ0n) is 9.28. The molecular formula is C12H15N3. The van der Waals surface area contributed by atoms with Crippen LogP contribution in [0.2, 0.25) is 0 Å². The van der Waals surface area contributed by atoms with Crippen LogP contribution in [0, 0.1) is 13.8 Å². The molecule has 0 bridgehead atoms. The van der Waals surface area contributed by atoms with E-state index in [9.17, 15) is 0 Å². The van der Waals surface area contributed by atoms with Gasteiger partial charge >= 0.3 is 0 Å². The molecule has 2 N–H and O–H groups in total. The Morgan fingerprint density at radius 1 is 1.13 bits per heavy atom. The Balaban J connectivity index is 2.55. The standard InChI is InChI=1S/C12H15N3/c1-8-4-10(5-9(2)12(8)13)11-6-14-15(3)7-11/h4-7H,13H2,1-3H3. The summed E-state index contributed by atoms with van der Waals surface area (Å²) >= 11 is 0. The molecule has 1 heterocycles. The summed E-state index contributed by atoms with van der Waals surface area (Å²) in [6.45, 7) is 4.06. The highest BCUT2D eigenvalue weighted by molar-refractivity contribution is 5.69. The molecule has 0 unspecified atom stereocenters. The van der Waals surface area contributed by atoms with Crippen LogP contribution in [-0.2, 0) is 7.05 Å². The lowest BCUT2D eigenvalue weighted by atomic mass is 10.0. The fraction of sp³-hybridized carbons (Fsp3) is 0.250. The number of nitrogens with two attached hydrogens (primary N) is 1. The fourth-order valence-electron chi connectivity index (χ4n) is 1.71. The second-order valence-electron chi connectivity index (χ2n) is 3.93. The molecule has 0 saturated heterocycles. The van der Waals surface area contributed by atoms with Crippen molar-refractivity contribution in [2.24, 2.45) is 7.05 Å². The van der Waals surface area contributed by atoms with Gasteiger partial charge in [-0.3, -0.25) is 4.68 Å².